The van der Waals surface area contributed by atoms with E-state index in [1.807, 2.05) is 6.92 Å². The molecule has 0 bridgehead atoms. The number of nitrogens with one attached hydrogen (secondary N) is 2. The first-order chi connectivity index (χ1) is 9.53. The van der Waals surface area contributed by atoms with Crippen LogP contribution in [0.15, 0.2) is 20.0 Å². The predicted octanol–water partition coefficient (Wildman–Crippen LogP) is 2.62. The molecule has 0 aliphatic heterocycles. The van der Waals surface area contributed by atoms with Crippen LogP contribution in [-0.4, -0.2) is 21.5 Å². The Labute approximate surface area is 128 Å². The van der Waals surface area contributed by atoms with Crippen LogP contribution < -0.4 is 10.0 Å². The number of sulfonamides is 1. The van der Waals surface area contributed by atoms with Crippen LogP contribution in [-0.2, 0) is 16.6 Å². The number of hydrogen-bond acceptors (Lipinski definition) is 4. The Bertz CT molecular complexity index is 536. The monoisotopic (exact) mass is 364 g/mol. The van der Waals surface area contributed by atoms with Crippen molar-refractivity contribution in [2.24, 2.45) is 5.92 Å². The van der Waals surface area contributed by atoms with Gasteiger partial charge in [-0.2, -0.15) is 0 Å². The van der Waals surface area contributed by atoms with Gasteiger partial charge in [-0.05, 0) is 41.2 Å². The molecule has 0 spiro atoms. The van der Waals surface area contributed by atoms with E-state index < -0.39 is 10.0 Å². The third-order valence-corrected chi connectivity index (χ3v) is 5.86. The normalized spacial score (nSPS) is 16.9. The zero-order chi connectivity index (χ0) is 14.6. The molecule has 1 aromatic rings. The van der Waals surface area contributed by atoms with E-state index in [9.17, 15) is 8.42 Å². The fourth-order valence-corrected chi connectivity index (χ4v) is 4.55. The maximum absolute atomic E-state index is 12.3. The number of rotatable bonds is 7. The number of halogens is 1. The van der Waals surface area contributed by atoms with E-state index in [4.69, 9.17) is 4.42 Å². The molecule has 1 aliphatic rings. The molecular weight excluding hydrogens is 344 g/mol. The minimum atomic E-state index is -3.50. The van der Waals surface area contributed by atoms with Gasteiger partial charge in [-0.25, -0.2) is 13.1 Å². The van der Waals surface area contributed by atoms with Gasteiger partial charge in [-0.3, -0.25) is 0 Å². The second-order valence-electron chi connectivity index (χ2n) is 5.13. The Morgan fingerprint density at radius 3 is 2.75 bits per heavy atom. The smallest absolute Gasteiger partial charge is 0.244 e. The molecule has 2 N–H and O–H groups in total. The molecule has 1 saturated carbocycles. The molecule has 5 nitrogen and oxygen atoms in total. The summed E-state index contributed by atoms with van der Waals surface area (Å²) in [5.41, 5.74) is 0. The summed E-state index contributed by atoms with van der Waals surface area (Å²) in [6.07, 6.45) is 4.63. The van der Waals surface area contributed by atoms with Crippen LogP contribution in [0, 0.1) is 5.92 Å². The van der Waals surface area contributed by atoms with E-state index in [0.717, 1.165) is 19.4 Å². The zero-order valence-corrected chi connectivity index (χ0v) is 14.0. The molecule has 0 amide bonds. The highest BCUT2D eigenvalue weighted by molar-refractivity contribution is 9.10. The van der Waals surface area contributed by atoms with Crippen LogP contribution in [0.5, 0.6) is 0 Å². The number of furan rings is 1. The quantitative estimate of drug-likeness (QED) is 0.779. The van der Waals surface area contributed by atoms with Crippen molar-refractivity contribution >= 4 is 26.0 Å². The summed E-state index contributed by atoms with van der Waals surface area (Å²) in [5, 5.41) is 3.10. The third-order valence-electron chi connectivity index (χ3n) is 3.58. The Balaban J connectivity index is 2.02. The van der Waals surface area contributed by atoms with Gasteiger partial charge in [0, 0.05) is 12.6 Å². The van der Waals surface area contributed by atoms with E-state index in [1.54, 1.807) is 6.07 Å². The topological polar surface area (TPSA) is 71.3 Å². The molecule has 0 aromatic carbocycles. The van der Waals surface area contributed by atoms with Gasteiger partial charge in [-0.1, -0.05) is 19.8 Å². The fraction of sp³-hybridized carbons (Fsp3) is 0.692. The van der Waals surface area contributed by atoms with E-state index in [-0.39, 0.29) is 9.56 Å². The molecule has 20 heavy (non-hydrogen) atoms. The molecule has 0 unspecified atom stereocenters. The Morgan fingerprint density at radius 1 is 1.40 bits per heavy atom. The molecule has 2 rings (SSSR count). The Hall–Kier alpha value is -0.370. The summed E-state index contributed by atoms with van der Waals surface area (Å²) >= 11 is 3.18. The average molecular weight is 365 g/mol. The first-order valence-electron chi connectivity index (χ1n) is 7.01. The Morgan fingerprint density at radius 2 is 2.10 bits per heavy atom. The van der Waals surface area contributed by atoms with Crippen LogP contribution in [0.25, 0.3) is 0 Å². The SMILES string of the molecule is CCNCc1cc(S(=O)(=O)NCC2CCCC2)c(Br)o1. The minimum Gasteiger partial charge on any atom is -0.452 e. The second-order valence-corrected chi connectivity index (χ2v) is 7.59. The summed E-state index contributed by atoms with van der Waals surface area (Å²) in [6.45, 7) is 3.83. The van der Waals surface area contributed by atoms with Crippen molar-refractivity contribution in [1.82, 2.24) is 10.0 Å². The largest absolute Gasteiger partial charge is 0.452 e. The first kappa shape index (κ1) is 16.0. The third kappa shape index (κ3) is 4.07. The highest BCUT2D eigenvalue weighted by Gasteiger charge is 2.24. The molecule has 0 radical (unpaired) electrons. The molecule has 1 heterocycles. The van der Waals surface area contributed by atoms with Crippen molar-refractivity contribution in [3.8, 4) is 0 Å². The molecule has 0 saturated heterocycles. The molecule has 1 aromatic heterocycles. The van der Waals surface area contributed by atoms with Gasteiger partial charge in [0.1, 0.15) is 10.7 Å². The standard InChI is InChI=1S/C13H21BrN2O3S/c1-2-15-9-11-7-12(13(14)19-11)20(17,18)16-8-10-5-3-4-6-10/h7,10,15-16H,2-6,8-9H2,1H3. The van der Waals surface area contributed by atoms with Crippen LogP contribution >= 0.6 is 15.9 Å². The van der Waals surface area contributed by atoms with E-state index in [0.29, 0.717) is 24.8 Å². The van der Waals surface area contributed by atoms with E-state index in [1.165, 1.54) is 12.8 Å². The molecule has 7 heteroatoms. The van der Waals surface area contributed by atoms with Crippen LogP contribution in [0.2, 0.25) is 0 Å². The van der Waals surface area contributed by atoms with Crippen LogP contribution in [0.3, 0.4) is 0 Å². The van der Waals surface area contributed by atoms with Crippen molar-refractivity contribution in [2.45, 2.75) is 44.0 Å². The highest BCUT2D eigenvalue weighted by atomic mass is 79.9. The lowest BCUT2D eigenvalue weighted by Crippen LogP contribution is -2.28. The summed E-state index contributed by atoms with van der Waals surface area (Å²) in [6, 6.07) is 1.57. The molecule has 114 valence electrons. The van der Waals surface area contributed by atoms with Gasteiger partial charge in [-0.15, -0.1) is 0 Å². The van der Waals surface area contributed by atoms with E-state index >= 15 is 0 Å². The van der Waals surface area contributed by atoms with Crippen molar-refractivity contribution in [3.63, 3.8) is 0 Å². The van der Waals surface area contributed by atoms with Crippen molar-refractivity contribution in [3.05, 3.63) is 16.5 Å². The Kier molecular flexibility index (Phi) is 5.65. The van der Waals surface area contributed by atoms with Crippen molar-refractivity contribution < 1.29 is 12.8 Å². The van der Waals surface area contributed by atoms with Gasteiger partial charge in [0.25, 0.3) is 0 Å². The lowest BCUT2D eigenvalue weighted by atomic mass is 10.1. The maximum Gasteiger partial charge on any atom is 0.244 e. The molecular formula is C13H21BrN2O3S. The summed E-state index contributed by atoms with van der Waals surface area (Å²) in [4.78, 5) is 0.184. The molecule has 1 aliphatic carbocycles. The summed E-state index contributed by atoms with van der Waals surface area (Å²) < 4.78 is 32.9. The average Bonchev–Trinajstić information content (AvgIpc) is 3.03. The lowest BCUT2D eigenvalue weighted by Gasteiger charge is -2.10. The van der Waals surface area contributed by atoms with Crippen LogP contribution in [0.1, 0.15) is 38.4 Å². The van der Waals surface area contributed by atoms with Crippen molar-refractivity contribution in [2.75, 3.05) is 13.1 Å². The van der Waals surface area contributed by atoms with Gasteiger partial charge in [0.15, 0.2) is 4.67 Å². The van der Waals surface area contributed by atoms with Gasteiger partial charge in [0.05, 0.1) is 6.54 Å². The zero-order valence-electron chi connectivity index (χ0n) is 11.6. The maximum atomic E-state index is 12.3. The summed E-state index contributed by atoms with van der Waals surface area (Å²) in [7, 11) is -3.50. The second kappa shape index (κ2) is 7.06. The van der Waals surface area contributed by atoms with E-state index in [2.05, 4.69) is 26.0 Å². The van der Waals surface area contributed by atoms with Gasteiger partial charge in [0.2, 0.25) is 10.0 Å². The van der Waals surface area contributed by atoms with Gasteiger partial charge < -0.3 is 9.73 Å². The van der Waals surface area contributed by atoms with Gasteiger partial charge >= 0.3 is 0 Å². The molecule has 1 fully saturated rings. The number of hydrogen-bond donors (Lipinski definition) is 2. The van der Waals surface area contributed by atoms with Crippen molar-refractivity contribution in [1.29, 1.82) is 0 Å². The predicted molar refractivity (Wildman–Crippen MR) is 80.9 cm³/mol. The summed E-state index contributed by atoms with van der Waals surface area (Å²) in [5.74, 6) is 1.08. The van der Waals surface area contributed by atoms with Crippen LogP contribution in [0.4, 0.5) is 0 Å². The molecule has 0 atom stereocenters. The fourth-order valence-electron chi connectivity index (χ4n) is 2.44. The lowest BCUT2D eigenvalue weighted by molar-refractivity contribution is 0.463. The highest BCUT2D eigenvalue weighted by Crippen LogP contribution is 2.27. The first-order valence-corrected chi connectivity index (χ1v) is 9.29. The minimum absolute atomic E-state index is 0.184.